The van der Waals surface area contributed by atoms with Crippen LogP contribution >= 0.6 is 23.1 Å². The van der Waals surface area contributed by atoms with Gasteiger partial charge in [0.1, 0.15) is 10.7 Å². The molecule has 7 nitrogen and oxygen atoms in total. The van der Waals surface area contributed by atoms with Gasteiger partial charge in [0, 0.05) is 36.4 Å². The van der Waals surface area contributed by atoms with Gasteiger partial charge >= 0.3 is 6.18 Å². The Morgan fingerprint density at radius 3 is 2.67 bits per heavy atom. The monoisotopic (exact) mass is 530 g/mol. The molecule has 1 aliphatic rings. The summed E-state index contributed by atoms with van der Waals surface area (Å²) in [6.45, 7) is 1.50. The van der Waals surface area contributed by atoms with E-state index in [2.05, 4.69) is 20.2 Å². The van der Waals surface area contributed by atoms with Gasteiger partial charge in [-0.05, 0) is 49.6 Å². The first kappa shape index (κ1) is 24.4. The van der Waals surface area contributed by atoms with Crippen LogP contribution in [0.1, 0.15) is 40.3 Å². The second-order valence-electron chi connectivity index (χ2n) is 8.20. The lowest BCUT2D eigenvalue weighted by atomic mass is 10.1. The van der Waals surface area contributed by atoms with E-state index in [1.165, 1.54) is 29.2 Å². The number of carbonyl (C=O) groups is 1. The van der Waals surface area contributed by atoms with Crippen LogP contribution in [0.15, 0.2) is 59.3 Å². The Morgan fingerprint density at radius 2 is 1.92 bits per heavy atom. The Kier molecular flexibility index (Phi) is 7.06. The molecule has 0 bridgehead atoms. The van der Waals surface area contributed by atoms with Crippen LogP contribution in [0.25, 0.3) is 17.1 Å². The van der Waals surface area contributed by atoms with Gasteiger partial charge in [0.15, 0.2) is 11.0 Å². The quantitative estimate of drug-likeness (QED) is 0.297. The molecule has 0 saturated carbocycles. The average molecular weight is 531 g/mol. The number of halogens is 3. The summed E-state index contributed by atoms with van der Waals surface area (Å²) in [4.78, 5) is 23.2. The minimum Gasteiger partial charge on any atom is -0.337 e. The maximum absolute atomic E-state index is 13.4. The average Bonchev–Trinajstić information content (AvgIpc) is 3.55. The fourth-order valence-electron chi connectivity index (χ4n) is 3.96. The number of benzene rings is 1. The molecular formula is C24H21F3N6OS2. The lowest BCUT2D eigenvalue weighted by molar-refractivity contribution is -0.137. The zero-order valence-electron chi connectivity index (χ0n) is 19.0. The largest absolute Gasteiger partial charge is 0.416 e. The Morgan fingerprint density at radius 1 is 1.08 bits per heavy atom. The summed E-state index contributed by atoms with van der Waals surface area (Å²) < 4.78 is 41.8. The highest BCUT2D eigenvalue weighted by molar-refractivity contribution is 7.98. The normalized spacial score (nSPS) is 14.2. The molecule has 186 valence electrons. The minimum absolute atomic E-state index is 0.0619. The number of thioether (sulfide) groups is 1. The first-order valence-corrected chi connectivity index (χ1v) is 13.2. The number of aromatic nitrogens is 5. The van der Waals surface area contributed by atoms with E-state index < -0.39 is 11.7 Å². The highest BCUT2D eigenvalue weighted by atomic mass is 32.2. The van der Waals surface area contributed by atoms with Gasteiger partial charge in [-0.3, -0.25) is 14.3 Å². The predicted octanol–water partition coefficient (Wildman–Crippen LogP) is 5.72. The van der Waals surface area contributed by atoms with E-state index in [0.717, 1.165) is 49.5 Å². The van der Waals surface area contributed by atoms with Crippen LogP contribution in [0.2, 0.25) is 0 Å². The van der Waals surface area contributed by atoms with E-state index in [0.29, 0.717) is 28.0 Å². The first-order valence-electron chi connectivity index (χ1n) is 11.3. The van der Waals surface area contributed by atoms with Crippen LogP contribution in [0, 0.1) is 0 Å². The summed E-state index contributed by atoms with van der Waals surface area (Å²) >= 11 is 2.67. The van der Waals surface area contributed by atoms with Crippen molar-refractivity contribution in [2.24, 2.45) is 0 Å². The second kappa shape index (κ2) is 10.4. The Hall–Kier alpha value is -3.25. The summed E-state index contributed by atoms with van der Waals surface area (Å²) in [7, 11) is 0. The third-order valence-corrected chi connectivity index (χ3v) is 7.70. The highest BCUT2D eigenvalue weighted by Gasteiger charge is 2.31. The predicted molar refractivity (Wildman–Crippen MR) is 131 cm³/mol. The van der Waals surface area contributed by atoms with Crippen molar-refractivity contribution >= 4 is 29.0 Å². The maximum atomic E-state index is 13.4. The summed E-state index contributed by atoms with van der Waals surface area (Å²) in [5.41, 5.74) is 0.574. The summed E-state index contributed by atoms with van der Waals surface area (Å²) in [5, 5.41) is 11.4. The Balaban J connectivity index is 1.42. The number of amides is 1. The van der Waals surface area contributed by atoms with E-state index >= 15 is 0 Å². The zero-order valence-corrected chi connectivity index (χ0v) is 20.6. The van der Waals surface area contributed by atoms with E-state index in [9.17, 15) is 18.0 Å². The number of alkyl halides is 3. The van der Waals surface area contributed by atoms with Crippen LogP contribution in [-0.4, -0.2) is 48.6 Å². The summed E-state index contributed by atoms with van der Waals surface area (Å²) in [6, 6.07) is 8.55. The van der Waals surface area contributed by atoms with Crippen molar-refractivity contribution < 1.29 is 18.0 Å². The van der Waals surface area contributed by atoms with Gasteiger partial charge in [-0.15, -0.1) is 21.5 Å². The standard InChI is InChI=1S/C24H21F3N6OS2/c25-24(26,27)17-7-4-8-18(12-17)33-21(16-6-5-9-28-13-16)30-31-23(33)36-15-20-29-19(14-35-20)22(34)32-10-2-1-3-11-32/h4-9,12-14H,1-3,10-11,15H2. The van der Waals surface area contributed by atoms with Gasteiger partial charge < -0.3 is 4.90 Å². The molecule has 1 fully saturated rings. The van der Waals surface area contributed by atoms with E-state index in [1.807, 2.05) is 4.90 Å². The van der Waals surface area contributed by atoms with Gasteiger partial charge in [-0.25, -0.2) is 4.98 Å². The topological polar surface area (TPSA) is 76.8 Å². The molecule has 0 atom stereocenters. The van der Waals surface area contributed by atoms with E-state index in [1.54, 1.807) is 40.5 Å². The molecule has 36 heavy (non-hydrogen) atoms. The van der Waals surface area contributed by atoms with E-state index in [-0.39, 0.29) is 11.6 Å². The number of nitrogens with zero attached hydrogens (tertiary/aromatic N) is 6. The Bertz CT molecular complexity index is 1350. The lowest BCUT2D eigenvalue weighted by Gasteiger charge is -2.25. The summed E-state index contributed by atoms with van der Waals surface area (Å²) in [5.74, 6) is 0.709. The maximum Gasteiger partial charge on any atom is 0.416 e. The van der Waals surface area contributed by atoms with Crippen molar-refractivity contribution in [1.29, 1.82) is 0 Å². The third-order valence-electron chi connectivity index (χ3n) is 5.72. The smallest absolute Gasteiger partial charge is 0.337 e. The van der Waals surface area contributed by atoms with Gasteiger partial charge in [0.25, 0.3) is 5.91 Å². The molecule has 0 spiro atoms. The fourth-order valence-corrected chi connectivity index (χ4v) is 5.70. The van der Waals surface area contributed by atoms with Crippen molar-refractivity contribution in [2.75, 3.05) is 13.1 Å². The van der Waals surface area contributed by atoms with Crippen LogP contribution in [0.3, 0.4) is 0 Å². The van der Waals surface area contributed by atoms with Gasteiger partial charge in [0.05, 0.1) is 17.0 Å². The van der Waals surface area contributed by atoms with Crippen LogP contribution in [0.4, 0.5) is 13.2 Å². The first-order chi connectivity index (χ1) is 17.4. The molecule has 12 heteroatoms. The van der Waals surface area contributed by atoms with Crippen molar-refractivity contribution in [2.45, 2.75) is 36.3 Å². The van der Waals surface area contributed by atoms with E-state index in [4.69, 9.17) is 0 Å². The van der Waals surface area contributed by atoms with Crippen LogP contribution < -0.4 is 0 Å². The molecule has 4 aromatic rings. The van der Waals surface area contributed by atoms with Gasteiger partial charge in [-0.2, -0.15) is 13.2 Å². The lowest BCUT2D eigenvalue weighted by Crippen LogP contribution is -2.35. The molecule has 4 heterocycles. The molecule has 0 N–H and O–H groups in total. The molecule has 0 unspecified atom stereocenters. The molecular weight excluding hydrogens is 509 g/mol. The van der Waals surface area contributed by atoms with Crippen molar-refractivity contribution in [3.63, 3.8) is 0 Å². The molecule has 5 rings (SSSR count). The van der Waals surface area contributed by atoms with Crippen molar-refractivity contribution in [3.8, 4) is 17.1 Å². The molecule has 3 aromatic heterocycles. The summed E-state index contributed by atoms with van der Waals surface area (Å²) in [6.07, 6.45) is 1.85. The molecule has 1 aromatic carbocycles. The molecule has 1 aliphatic heterocycles. The van der Waals surface area contributed by atoms with Crippen molar-refractivity contribution in [3.05, 3.63) is 70.4 Å². The number of piperidine rings is 1. The fraction of sp³-hybridized carbons (Fsp3) is 0.292. The van der Waals surface area contributed by atoms with Crippen LogP contribution in [0.5, 0.6) is 0 Å². The number of thiazole rings is 1. The number of likely N-dealkylation sites (tertiary alicyclic amines) is 1. The third kappa shape index (κ3) is 5.29. The number of hydrogen-bond donors (Lipinski definition) is 0. The molecule has 0 radical (unpaired) electrons. The molecule has 1 amide bonds. The minimum atomic E-state index is -4.48. The Labute approximate surface area is 213 Å². The second-order valence-corrected chi connectivity index (χ2v) is 10.1. The van der Waals surface area contributed by atoms with Crippen molar-refractivity contribution in [1.82, 2.24) is 29.6 Å². The number of hydrogen-bond acceptors (Lipinski definition) is 7. The number of carbonyl (C=O) groups excluding carboxylic acids is 1. The zero-order chi connectivity index (χ0) is 25.1. The van der Waals surface area contributed by atoms with Gasteiger partial charge in [0.2, 0.25) is 0 Å². The van der Waals surface area contributed by atoms with Gasteiger partial charge in [-0.1, -0.05) is 17.8 Å². The number of rotatable bonds is 6. The highest BCUT2D eigenvalue weighted by Crippen LogP contribution is 2.34. The van der Waals surface area contributed by atoms with Crippen LogP contribution in [-0.2, 0) is 11.9 Å². The molecule has 1 saturated heterocycles. The number of pyridine rings is 1. The molecule has 0 aliphatic carbocycles. The SMILES string of the molecule is O=C(c1csc(CSc2nnc(-c3cccnc3)n2-c2cccc(C(F)(F)F)c2)n1)N1CCCCC1.